The molecule has 1 aromatic heterocycles. The molecule has 142 valence electrons. The van der Waals surface area contributed by atoms with Crippen LogP contribution in [0.3, 0.4) is 0 Å². The number of nitrogens with zero attached hydrogens (tertiary/aromatic N) is 1. The first-order chi connectivity index (χ1) is 11.9. The number of halogens is 1. The van der Waals surface area contributed by atoms with Crippen LogP contribution in [-0.4, -0.2) is 38.3 Å². The van der Waals surface area contributed by atoms with E-state index < -0.39 is 0 Å². The largest absolute Gasteiger partial charge is 0.469 e. The van der Waals surface area contributed by atoms with Crippen LogP contribution in [0.25, 0.3) is 0 Å². The van der Waals surface area contributed by atoms with Gasteiger partial charge in [-0.25, -0.2) is 0 Å². The number of nitrogens with one attached hydrogen (secondary N) is 2. The molecular weight excluding hydrogens is 429 g/mol. The summed E-state index contributed by atoms with van der Waals surface area (Å²) < 4.78 is 11.1. The number of hydrogen-bond donors (Lipinski definition) is 2. The van der Waals surface area contributed by atoms with Gasteiger partial charge in [-0.1, -0.05) is 12.8 Å². The Bertz CT molecular complexity index is 483. The second-order valence-corrected chi connectivity index (χ2v) is 6.98. The van der Waals surface area contributed by atoms with E-state index in [0.29, 0.717) is 6.04 Å². The summed E-state index contributed by atoms with van der Waals surface area (Å²) in [5.74, 6) is 2.79. The summed E-state index contributed by atoms with van der Waals surface area (Å²) in [7, 11) is 0. The predicted octanol–water partition coefficient (Wildman–Crippen LogP) is 3.73. The topological polar surface area (TPSA) is 58.8 Å². The van der Waals surface area contributed by atoms with Crippen molar-refractivity contribution in [2.75, 3.05) is 26.3 Å². The van der Waals surface area contributed by atoms with Crippen molar-refractivity contribution in [3.05, 3.63) is 24.2 Å². The normalized spacial score (nSPS) is 18.2. The fourth-order valence-electron chi connectivity index (χ4n) is 3.07. The Morgan fingerprint density at radius 1 is 1.24 bits per heavy atom. The zero-order valence-corrected chi connectivity index (χ0v) is 17.4. The Balaban J connectivity index is 0.00000225. The molecule has 0 amide bonds. The van der Waals surface area contributed by atoms with Crippen LogP contribution >= 0.6 is 24.0 Å². The molecule has 2 fully saturated rings. The van der Waals surface area contributed by atoms with Crippen LogP contribution in [0.4, 0.5) is 0 Å². The van der Waals surface area contributed by atoms with Gasteiger partial charge in [0.25, 0.3) is 0 Å². The van der Waals surface area contributed by atoms with Gasteiger partial charge in [0.1, 0.15) is 5.76 Å². The maximum atomic E-state index is 5.68. The van der Waals surface area contributed by atoms with Crippen LogP contribution in [0.15, 0.2) is 27.8 Å². The van der Waals surface area contributed by atoms with Gasteiger partial charge < -0.3 is 19.8 Å². The summed E-state index contributed by atoms with van der Waals surface area (Å²) in [4.78, 5) is 4.72. The first-order valence-electron chi connectivity index (χ1n) is 9.55. The smallest absolute Gasteiger partial charge is 0.191 e. The van der Waals surface area contributed by atoms with Crippen molar-refractivity contribution < 1.29 is 9.15 Å². The first kappa shape index (κ1) is 20.6. The average molecular weight is 461 g/mol. The highest BCUT2D eigenvalue weighted by Gasteiger charge is 2.20. The Kier molecular flexibility index (Phi) is 9.68. The number of rotatable bonds is 10. The Labute approximate surface area is 168 Å². The molecule has 6 heteroatoms. The Hall–Kier alpha value is -0.760. The van der Waals surface area contributed by atoms with Crippen LogP contribution in [0, 0.1) is 5.92 Å². The molecule has 3 rings (SSSR count). The molecule has 2 aliphatic rings. The highest BCUT2D eigenvalue weighted by atomic mass is 127. The van der Waals surface area contributed by atoms with Gasteiger partial charge in [-0.3, -0.25) is 4.99 Å². The number of guanidine groups is 1. The van der Waals surface area contributed by atoms with E-state index in [4.69, 9.17) is 14.1 Å². The van der Waals surface area contributed by atoms with E-state index in [1.54, 1.807) is 6.26 Å². The minimum absolute atomic E-state index is 0. The van der Waals surface area contributed by atoms with Crippen molar-refractivity contribution in [3.8, 4) is 0 Å². The van der Waals surface area contributed by atoms with Crippen molar-refractivity contribution in [3.63, 3.8) is 0 Å². The summed E-state index contributed by atoms with van der Waals surface area (Å²) >= 11 is 0. The van der Waals surface area contributed by atoms with Crippen LogP contribution in [-0.2, 0) is 11.2 Å². The molecule has 1 heterocycles. The Morgan fingerprint density at radius 3 is 2.80 bits per heavy atom. The molecule has 5 nitrogen and oxygen atoms in total. The van der Waals surface area contributed by atoms with Crippen molar-refractivity contribution >= 4 is 29.9 Å². The van der Waals surface area contributed by atoms with Gasteiger partial charge in [0.2, 0.25) is 0 Å². The summed E-state index contributed by atoms with van der Waals surface area (Å²) in [5, 5.41) is 7.02. The number of ether oxygens (including phenoxy) is 1. The van der Waals surface area contributed by atoms with E-state index in [0.717, 1.165) is 56.8 Å². The molecule has 1 aromatic rings. The lowest BCUT2D eigenvalue weighted by Crippen LogP contribution is -2.43. The maximum Gasteiger partial charge on any atom is 0.191 e. The molecular formula is C19H32IN3O2. The van der Waals surface area contributed by atoms with Crippen LogP contribution in [0.1, 0.15) is 50.7 Å². The lowest BCUT2D eigenvalue weighted by atomic mass is 10.2. The minimum Gasteiger partial charge on any atom is -0.469 e. The van der Waals surface area contributed by atoms with Gasteiger partial charge in [0, 0.05) is 38.8 Å². The summed E-state index contributed by atoms with van der Waals surface area (Å²) in [5.41, 5.74) is 0. The molecule has 0 unspecified atom stereocenters. The highest BCUT2D eigenvalue weighted by Crippen LogP contribution is 2.28. The summed E-state index contributed by atoms with van der Waals surface area (Å²) in [6.45, 7) is 3.42. The number of hydrogen-bond acceptors (Lipinski definition) is 3. The molecule has 2 aliphatic carbocycles. The fraction of sp³-hybridized carbons (Fsp3) is 0.737. The quantitative estimate of drug-likeness (QED) is 0.241. The molecule has 0 atom stereocenters. The molecule has 0 saturated heterocycles. The van der Waals surface area contributed by atoms with Crippen molar-refractivity contribution in [2.45, 2.75) is 57.4 Å². The zero-order chi connectivity index (χ0) is 16.5. The van der Waals surface area contributed by atoms with Crippen molar-refractivity contribution in [2.24, 2.45) is 10.9 Å². The molecule has 2 saturated carbocycles. The third kappa shape index (κ3) is 8.44. The first-order valence-corrected chi connectivity index (χ1v) is 9.55. The fourth-order valence-corrected chi connectivity index (χ4v) is 3.07. The molecule has 0 radical (unpaired) electrons. The van der Waals surface area contributed by atoms with Crippen molar-refractivity contribution in [1.82, 2.24) is 10.6 Å². The second kappa shape index (κ2) is 11.8. The van der Waals surface area contributed by atoms with E-state index in [2.05, 4.69) is 10.6 Å². The summed E-state index contributed by atoms with van der Waals surface area (Å²) in [6, 6.07) is 4.52. The SMILES string of the molecule is I.c1coc(CCNC(=NCCCOCC2CC2)NC2CCCC2)c1. The van der Waals surface area contributed by atoms with Crippen LogP contribution in [0.2, 0.25) is 0 Å². The van der Waals surface area contributed by atoms with Crippen LogP contribution < -0.4 is 10.6 Å². The van der Waals surface area contributed by atoms with Crippen LogP contribution in [0.5, 0.6) is 0 Å². The molecule has 25 heavy (non-hydrogen) atoms. The molecule has 0 aromatic carbocycles. The zero-order valence-electron chi connectivity index (χ0n) is 15.0. The lowest BCUT2D eigenvalue weighted by molar-refractivity contribution is 0.123. The van der Waals surface area contributed by atoms with E-state index in [1.165, 1.54) is 38.5 Å². The standard InChI is InChI=1S/C19H31N3O2.HI/c1-2-6-17(5-1)22-19(21-12-10-18-7-3-14-24-18)20-11-4-13-23-15-16-8-9-16;/h3,7,14,16-17H,1-2,4-6,8-13,15H2,(H2,20,21,22);1H. The average Bonchev–Trinajstić information content (AvgIpc) is 3.04. The van der Waals surface area contributed by atoms with Gasteiger partial charge in [0.15, 0.2) is 5.96 Å². The maximum absolute atomic E-state index is 5.68. The van der Waals surface area contributed by atoms with E-state index in [-0.39, 0.29) is 24.0 Å². The Morgan fingerprint density at radius 2 is 2.08 bits per heavy atom. The predicted molar refractivity (Wildman–Crippen MR) is 112 cm³/mol. The third-order valence-electron chi connectivity index (χ3n) is 4.71. The van der Waals surface area contributed by atoms with E-state index in [9.17, 15) is 0 Å². The minimum atomic E-state index is 0. The van der Waals surface area contributed by atoms with E-state index >= 15 is 0 Å². The summed E-state index contributed by atoms with van der Waals surface area (Å²) in [6.07, 6.45) is 11.5. The van der Waals surface area contributed by atoms with Gasteiger partial charge >= 0.3 is 0 Å². The van der Waals surface area contributed by atoms with E-state index in [1.807, 2.05) is 12.1 Å². The van der Waals surface area contributed by atoms with Gasteiger partial charge in [0.05, 0.1) is 6.26 Å². The number of furan rings is 1. The van der Waals surface area contributed by atoms with Gasteiger partial charge in [-0.05, 0) is 50.2 Å². The molecule has 0 bridgehead atoms. The number of aliphatic imine (C=N–C) groups is 1. The molecule has 0 spiro atoms. The monoisotopic (exact) mass is 461 g/mol. The van der Waals surface area contributed by atoms with Gasteiger partial charge in [-0.15, -0.1) is 24.0 Å². The second-order valence-electron chi connectivity index (χ2n) is 6.98. The van der Waals surface area contributed by atoms with Crippen molar-refractivity contribution in [1.29, 1.82) is 0 Å². The highest BCUT2D eigenvalue weighted by molar-refractivity contribution is 14.0. The van der Waals surface area contributed by atoms with Gasteiger partial charge in [-0.2, -0.15) is 0 Å². The molecule has 2 N–H and O–H groups in total. The lowest BCUT2D eigenvalue weighted by Gasteiger charge is -2.17. The molecule has 0 aliphatic heterocycles. The third-order valence-corrected chi connectivity index (χ3v) is 4.71.